The highest BCUT2D eigenvalue weighted by Crippen LogP contribution is 2.22. The fraction of sp³-hybridized carbons (Fsp3) is 0.542. The second-order valence-electron chi connectivity index (χ2n) is 8.95. The van der Waals surface area contributed by atoms with Crippen molar-refractivity contribution in [1.82, 2.24) is 14.8 Å². The number of rotatable bonds is 6. The minimum Gasteiger partial charge on any atom is -0.390 e. The third-order valence-corrected chi connectivity index (χ3v) is 6.16. The number of pyridine rings is 1. The summed E-state index contributed by atoms with van der Waals surface area (Å²) in [6, 6.07) is 15.3. The molecule has 0 spiro atoms. The molecule has 0 aliphatic carbocycles. The molecule has 0 bridgehead atoms. The monoisotopic (exact) mass is 394 g/mol. The van der Waals surface area contributed by atoms with Gasteiger partial charge in [-0.15, -0.1) is 0 Å². The molecular formula is C24H34N4O. The number of likely N-dealkylation sites (tertiary alicyclic amines) is 1. The first kappa shape index (κ1) is 20.3. The summed E-state index contributed by atoms with van der Waals surface area (Å²) >= 11 is 0. The van der Waals surface area contributed by atoms with Crippen LogP contribution in [0.5, 0.6) is 0 Å². The molecule has 2 aromatic rings. The van der Waals surface area contributed by atoms with Gasteiger partial charge in [0.1, 0.15) is 5.82 Å². The van der Waals surface area contributed by atoms with Crippen molar-refractivity contribution in [3.63, 3.8) is 0 Å². The van der Waals surface area contributed by atoms with Crippen LogP contribution in [0.1, 0.15) is 25.0 Å². The number of β-amino-alcohol motifs (C(OH)–C–C–N with tert-alkyl or cyclic N) is 1. The average molecular weight is 395 g/mol. The van der Waals surface area contributed by atoms with Gasteiger partial charge in [0.05, 0.1) is 6.10 Å². The molecule has 29 heavy (non-hydrogen) atoms. The summed E-state index contributed by atoms with van der Waals surface area (Å²) in [7, 11) is 0. The van der Waals surface area contributed by atoms with E-state index in [0.717, 1.165) is 58.1 Å². The van der Waals surface area contributed by atoms with E-state index in [4.69, 9.17) is 0 Å². The fourth-order valence-electron chi connectivity index (χ4n) is 4.67. The first-order valence-electron chi connectivity index (χ1n) is 11.0. The van der Waals surface area contributed by atoms with Gasteiger partial charge in [-0.1, -0.05) is 44.2 Å². The van der Waals surface area contributed by atoms with Gasteiger partial charge < -0.3 is 10.0 Å². The lowest BCUT2D eigenvalue weighted by Gasteiger charge is -2.39. The third-order valence-electron chi connectivity index (χ3n) is 6.16. The van der Waals surface area contributed by atoms with Crippen molar-refractivity contribution in [2.24, 2.45) is 5.92 Å². The molecule has 3 heterocycles. The van der Waals surface area contributed by atoms with Crippen LogP contribution in [-0.4, -0.2) is 71.3 Å². The van der Waals surface area contributed by atoms with Crippen LogP contribution >= 0.6 is 0 Å². The molecule has 1 N–H and O–H groups in total. The van der Waals surface area contributed by atoms with Crippen molar-refractivity contribution in [2.75, 3.05) is 44.2 Å². The molecule has 2 aliphatic rings. The van der Waals surface area contributed by atoms with E-state index < -0.39 is 0 Å². The Morgan fingerprint density at radius 1 is 0.966 bits per heavy atom. The topological polar surface area (TPSA) is 42.8 Å². The molecule has 1 aromatic heterocycles. The van der Waals surface area contributed by atoms with Crippen LogP contribution in [0.2, 0.25) is 0 Å². The quantitative estimate of drug-likeness (QED) is 0.816. The van der Waals surface area contributed by atoms with E-state index in [1.54, 1.807) is 0 Å². The zero-order chi connectivity index (χ0) is 20.2. The Morgan fingerprint density at radius 2 is 1.69 bits per heavy atom. The molecule has 0 amide bonds. The lowest BCUT2D eigenvalue weighted by atomic mass is 10.0. The largest absolute Gasteiger partial charge is 0.390 e. The number of nitrogens with zero attached hydrogens (tertiary/aromatic N) is 4. The van der Waals surface area contributed by atoms with E-state index in [-0.39, 0.29) is 12.1 Å². The summed E-state index contributed by atoms with van der Waals surface area (Å²) in [4.78, 5) is 11.7. The number of aliphatic hydroxyl groups is 1. The molecular weight excluding hydrogens is 360 g/mol. The van der Waals surface area contributed by atoms with Crippen LogP contribution < -0.4 is 4.90 Å². The van der Waals surface area contributed by atoms with E-state index in [9.17, 15) is 5.11 Å². The molecule has 0 saturated carbocycles. The number of hydrogen-bond donors (Lipinski definition) is 1. The molecule has 4 rings (SSSR count). The van der Waals surface area contributed by atoms with Crippen LogP contribution in [0.25, 0.3) is 0 Å². The van der Waals surface area contributed by atoms with Crippen molar-refractivity contribution >= 4 is 5.82 Å². The van der Waals surface area contributed by atoms with Crippen molar-refractivity contribution in [1.29, 1.82) is 0 Å². The molecule has 5 nitrogen and oxygen atoms in total. The van der Waals surface area contributed by atoms with Gasteiger partial charge >= 0.3 is 0 Å². The third kappa shape index (κ3) is 5.16. The summed E-state index contributed by atoms with van der Waals surface area (Å²) in [5, 5.41) is 10.7. The maximum absolute atomic E-state index is 10.7. The summed E-state index contributed by atoms with van der Waals surface area (Å²) in [5.74, 6) is 1.75. The van der Waals surface area contributed by atoms with Crippen molar-refractivity contribution in [3.8, 4) is 0 Å². The summed E-state index contributed by atoms with van der Waals surface area (Å²) < 4.78 is 0. The Hall–Kier alpha value is -1.95. The number of hydrogen-bond acceptors (Lipinski definition) is 5. The summed E-state index contributed by atoms with van der Waals surface area (Å²) in [6.45, 7) is 11.0. The smallest absolute Gasteiger partial charge is 0.128 e. The van der Waals surface area contributed by atoms with E-state index in [2.05, 4.69) is 63.9 Å². The minimum atomic E-state index is -0.267. The number of aromatic nitrogens is 1. The van der Waals surface area contributed by atoms with Crippen molar-refractivity contribution in [3.05, 3.63) is 59.8 Å². The predicted octanol–water partition coefficient (Wildman–Crippen LogP) is 2.65. The number of piperazine rings is 1. The van der Waals surface area contributed by atoms with Crippen LogP contribution in [0.15, 0.2) is 48.7 Å². The van der Waals surface area contributed by atoms with Gasteiger partial charge in [0.25, 0.3) is 0 Å². The Labute approximate surface area is 175 Å². The second kappa shape index (κ2) is 9.24. The number of anilines is 1. The van der Waals surface area contributed by atoms with Crippen LogP contribution in [0, 0.1) is 5.92 Å². The standard InChI is InChI=1S/C24H34N4O/c1-19(2)15-20-6-8-21(9-7-20)16-26-17-22(23(29)18-26)27-11-13-28(14-12-27)24-5-3-4-10-25-24/h3-10,19,22-23,29H,11-18H2,1-2H3/t22-,23-/m0/s1. The van der Waals surface area contributed by atoms with Gasteiger partial charge in [0.2, 0.25) is 0 Å². The van der Waals surface area contributed by atoms with Crippen LogP contribution in [0.4, 0.5) is 5.82 Å². The summed E-state index contributed by atoms with van der Waals surface area (Å²) in [6.07, 6.45) is 2.72. The Bertz CT molecular complexity index is 756. The molecule has 156 valence electrons. The number of benzene rings is 1. The zero-order valence-electron chi connectivity index (χ0n) is 17.7. The fourth-order valence-corrected chi connectivity index (χ4v) is 4.67. The molecule has 2 saturated heterocycles. The van der Waals surface area contributed by atoms with E-state index in [1.807, 2.05) is 18.3 Å². The van der Waals surface area contributed by atoms with E-state index in [1.165, 1.54) is 11.1 Å². The molecule has 2 fully saturated rings. The van der Waals surface area contributed by atoms with Crippen LogP contribution in [0.3, 0.4) is 0 Å². The van der Waals surface area contributed by atoms with Gasteiger partial charge in [-0.2, -0.15) is 0 Å². The van der Waals surface area contributed by atoms with Gasteiger partial charge in [-0.3, -0.25) is 9.80 Å². The van der Waals surface area contributed by atoms with Gasteiger partial charge in [-0.25, -0.2) is 4.98 Å². The normalized spacial score (nSPS) is 23.8. The Kier molecular flexibility index (Phi) is 6.48. The SMILES string of the molecule is CC(C)Cc1ccc(CN2C[C@H](O)[C@@H](N3CCN(c4ccccn4)CC3)C2)cc1. The second-order valence-corrected chi connectivity index (χ2v) is 8.95. The zero-order valence-corrected chi connectivity index (χ0v) is 17.7. The molecule has 0 unspecified atom stereocenters. The first-order valence-corrected chi connectivity index (χ1v) is 11.0. The maximum Gasteiger partial charge on any atom is 0.128 e. The molecule has 2 aliphatic heterocycles. The first-order chi connectivity index (χ1) is 14.1. The van der Waals surface area contributed by atoms with Crippen LogP contribution in [-0.2, 0) is 13.0 Å². The molecule has 5 heteroatoms. The average Bonchev–Trinajstić information content (AvgIpc) is 3.10. The van der Waals surface area contributed by atoms with Crippen molar-refractivity contribution < 1.29 is 5.11 Å². The molecule has 0 radical (unpaired) electrons. The maximum atomic E-state index is 10.7. The molecule has 1 aromatic carbocycles. The van der Waals surface area contributed by atoms with Crippen molar-refractivity contribution in [2.45, 2.75) is 39.0 Å². The summed E-state index contributed by atoms with van der Waals surface area (Å²) in [5.41, 5.74) is 2.75. The molecule has 2 atom stereocenters. The van der Waals surface area contributed by atoms with Gasteiger partial charge in [0, 0.05) is 58.1 Å². The van der Waals surface area contributed by atoms with E-state index >= 15 is 0 Å². The number of aliphatic hydroxyl groups excluding tert-OH is 1. The lowest BCUT2D eigenvalue weighted by molar-refractivity contribution is 0.0790. The predicted molar refractivity (Wildman–Crippen MR) is 118 cm³/mol. The van der Waals surface area contributed by atoms with Gasteiger partial charge in [-0.05, 0) is 35.6 Å². The highest BCUT2D eigenvalue weighted by atomic mass is 16.3. The Balaban J connectivity index is 1.29. The highest BCUT2D eigenvalue weighted by molar-refractivity contribution is 5.38. The lowest BCUT2D eigenvalue weighted by Crippen LogP contribution is -2.53. The Morgan fingerprint density at radius 3 is 2.34 bits per heavy atom. The van der Waals surface area contributed by atoms with Gasteiger partial charge in [0.15, 0.2) is 0 Å². The minimum absolute atomic E-state index is 0.237. The highest BCUT2D eigenvalue weighted by Gasteiger charge is 2.36. The van der Waals surface area contributed by atoms with E-state index in [0.29, 0.717) is 5.92 Å².